The zero-order valence-electron chi connectivity index (χ0n) is 12.3. The van der Waals surface area contributed by atoms with Crippen LogP contribution in [0.4, 0.5) is 0 Å². The average Bonchev–Trinajstić information content (AvgIpc) is 2.36. The number of hydrogen-bond donors (Lipinski definition) is 1. The van der Waals surface area contributed by atoms with Gasteiger partial charge in [-0.1, -0.05) is 6.08 Å². The molecule has 116 valence electrons. The van der Waals surface area contributed by atoms with Gasteiger partial charge in [-0.3, -0.25) is 4.79 Å². The van der Waals surface area contributed by atoms with E-state index in [-0.39, 0.29) is 11.4 Å². The highest BCUT2D eigenvalue weighted by atomic mass is 32.2. The Morgan fingerprint density at radius 2 is 1.90 bits per heavy atom. The van der Waals surface area contributed by atoms with Crippen LogP contribution in [0.1, 0.15) is 11.1 Å². The number of methoxy groups -OCH3 is 1. The van der Waals surface area contributed by atoms with Crippen LogP contribution in [-0.4, -0.2) is 44.0 Å². The molecule has 0 amide bonds. The van der Waals surface area contributed by atoms with Gasteiger partial charge in [0.2, 0.25) is 10.0 Å². The Balaban J connectivity index is 3.40. The minimum absolute atomic E-state index is 0.0699. The maximum absolute atomic E-state index is 12.7. The molecule has 0 spiro atoms. The van der Waals surface area contributed by atoms with Crippen molar-refractivity contribution in [3.05, 3.63) is 35.9 Å². The Hall–Kier alpha value is -1.86. The number of carbonyl (C=O) groups is 1. The molecule has 0 fully saturated rings. The number of rotatable bonds is 7. The van der Waals surface area contributed by atoms with E-state index in [4.69, 9.17) is 9.84 Å². The highest BCUT2D eigenvalue weighted by Crippen LogP contribution is 2.28. The minimum atomic E-state index is -3.92. The topological polar surface area (TPSA) is 83.9 Å². The molecular formula is C14H19NO5S. The Bertz CT molecular complexity index is 628. The molecule has 0 heterocycles. The van der Waals surface area contributed by atoms with Crippen molar-refractivity contribution in [3.8, 4) is 5.75 Å². The van der Waals surface area contributed by atoms with Crippen molar-refractivity contribution in [1.29, 1.82) is 0 Å². The van der Waals surface area contributed by atoms with Crippen LogP contribution < -0.4 is 4.74 Å². The molecule has 0 bridgehead atoms. The van der Waals surface area contributed by atoms with Gasteiger partial charge in [0, 0.05) is 6.54 Å². The van der Waals surface area contributed by atoms with Crippen LogP contribution in [-0.2, 0) is 14.8 Å². The first kappa shape index (κ1) is 17.2. The molecule has 6 nitrogen and oxygen atoms in total. The first-order valence-electron chi connectivity index (χ1n) is 6.22. The van der Waals surface area contributed by atoms with E-state index in [1.807, 2.05) is 0 Å². The van der Waals surface area contributed by atoms with Crippen LogP contribution in [0, 0.1) is 13.8 Å². The molecule has 7 heteroatoms. The zero-order chi connectivity index (χ0) is 16.2. The highest BCUT2D eigenvalue weighted by molar-refractivity contribution is 7.89. The van der Waals surface area contributed by atoms with E-state index < -0.39 is 22.5 Å². The number of sulfonamides is 1. The highest BCUT2D eigenvalue weighted by Gasteiger charge is 2.29. The second-order valence-corrected chi connectivity index (χ2v) is 6.45. The van der Waals surface area contributed by atoms with E-state index in [2.05, 4.69) is 6.58 Å². The molecule has 0 unspecified atom stereocenters. The monoisotopic (exact) mass is 313 g/mol. The third-order valence-electron chi connectivity index (χ3n) is 2.91. The number of aryl methyl sites for hydroxylation is 2. The lowest BCUT2D eigenvalue weighted by Gasteiger charge is -2.21. The number of benzene rings is 1. The molecule has 1 aromatic carbocycles. The zero-order valence-corrected chi connectivity index (χ0v) is 13.1. The molecule has 0 saturated heterocycles. The summed E-state index contributed by atoms with van der Waals surface area (Å²) in [4.78, 5) is 11.0. The summed E-state index contributed by atoms with van der Waals surface area (Å²) in [6, 6.07) is 3.21. The van der Waals surface area contributed by atoms with Gasteiger partial charge in [-0.05, 0) is 37.1 Å². The maximum atomic E-state index is 12.7. The Morgan fingerprint density at radius 1 is 1.38 bits per heavy atom. The van der Waals surface area contributed by atoms with E-state index in [0.29, 0.717) is 16.9 Å². The van der Waals surface area contributed by atoms with Crippen LogP contribution in [0.5, 0.6) is 5.75 Å². The molecule has 0 aliphatic carbocycles. The number of hydrogen-bond acceptors (Lipinski definition) is 4. The lowest BCUT2D eigenvalue weighted by atomic mass is 10.1. The Morgan fingerprint density at radius 3 is 2.29 bits per heavy atom. The van der Waals surface area contributed by atoms with Crippen molar-refractivity contribution in [2.45, 2.75) is 18.7 Å². The molecule has 0 radical (unpaired) electrons. The number of carboxylic acid groups (broad SMARTS) is 1. The fourth-order valence-corrected chi connectivity index (χ4v) is 3.88. The first-order valence-corrected chi connectivity index (χ1v) is 7.66. The number of ether oxygens (including phenoxy) is 1. The van der Waals surface area contributed by atoms with Gasteiger partial charge in [0.15, 0.2) is 0 Å². The minimum Gasteiger partial charge on any atom is -0.497 e. The van der Waals surface area contributed by atoms with Crippen molar-refractivity contribution >= 4 is 16.0 Å². The summed E-state index contributed by atoms with van der Waals surface area (Å²) in [5.74, 6) is -0.665. The Kier molecular flexibility index (Phi) is 5.51. The van der Waals surface area contributed by atoms with Gasteiger partial charge in [0.05, 0.1) is 12.0 Å². The fraction of sp³-hybridized carbons (Fsp3) is 0.357. The van der Waals surface area contributed by atoms with Gasteiger partial charge >= 0.3 is 5.97 Å². The third kappa shape index (κ3) is 3.83. The number of nitrogens with zero attached hydrogens (tertiary/aromatic N) is 1. The van der Waals surface area contributed by atoms with Crippen LogP contribution in [0.3, 0.4) is 0 Å². The molecule has 21 heavy (non-hydrogen) atoms. The average molecular weight is 313 g/mol. The van der Waals surface area contributed by atoms with Crippen LogP contribution in [0.25, 0.3) is 0 Å². The standard InChI is InChI=1S/C14H19NO5S/c1-5-6-15(9-13(16)17)21(18,19)14-10(2)7-12(20-4)8-11(14)3/h5,7-8H,1,6,9H2,2-4H3,(H,16,17). The van der Waals surface area contributed by atoms with Crippen LogP contribution in [0.15, 0.2) is 29.7 Å². The molecule has 1 N–H and O–H groups in total. The molecule has 1 aromatic rings. The predicted octanol–water partition coefficient (Wildman–Crippen LogP) is 1.57. The fourth-order valence-electron chi connectivity index (χ4n) is 2.11. The van der Waals surface area contributed by atoms with Gasteiger partial charge in [-0.2, -0.15) is 4.31 Å². The second-order valence-electron chi connectivity index (χ2n) is 4.57. The van der Waals surface area contributed by atoms with E-state index in [0.717, 1.165) is 4.31 Å². The van der Waals surface area contributed by atoms with Gasteiger partial charge in [-0.15, -0.1) is 6.58 Å². The summed E-state index contributed by atoms with van der Waals surface area (Å²) >= 11 is 0. The first-order chi connectivity index (χ1) is 9.73. The summed E-state index contributed by atoms with van der Waals surface area (Å²) in [5, 5.41) is 8.88. The van der Waals surface area contributed by atoms with E-state index in [1.54, 1.807) is 26.0 Å². The van der Waals surface area contributed by atoms with Gasteiger partial charge < -0.3 is 9.84 Å². The molecule has 0 atom stereocenters. The van der Waals surface area contributed by atoms with Gasteiger partial charge in [0.1, 0.15) is 12.3 Å². The summed E-state index contributed by atoms with van der Waals surface area (Å²) in [5.41, 5.74) is 1.01. The smallest absolute Gasteiger partial charge is 0.318 e. The molecule has 1 rings (SSSR count). The van der Waals surface area contributed by atoms with E-state index in [9.17, 15) is 13.2 Å². The van der Waals surface area contributed by atoms with Crippen molar-refractivity contribution in [3.63, 3.8) is 0 Å². The van der Waals surface area contributed by atoms with Crippen molar-refractivity contribution in [2.24, 2.45) is 0 Å². The number of aliphatic carboxylic acids is 1. The van der Waals surface area contributed by atoms with E-state index in [1.165, 1.54) is 13.2 Å². The SMILES string of the molecule is C=CCN(CC(=O)O)S(=O)(=O)c1c(C)cc(OC)cc1C. The molecular weight excluding hydrogens is 294 g/mol. The maximum Gasteiger partial charge on any atom is 0.318 e. The van der Waals surface area contributed by atoms with Crippen LogP contribution in [0.2, 0.25) is 0 Å². The van der Waals surface area contributed by atoms with E-state index >= 15 is 0 Å². The summed E-state index contributed by atoms with van der Waals surface area (Å²) in [6.45, 7) is 6.08. The molecule has 0 saturated carbocycles. The van der Waals surface area contributed by atoms with Gasteiger partial charge in [-0.25, -0.2) is 8.42 Å². The Labute approximate surface area is 124 Å². The molecule has 0 aromatic heterocycles. The lowest BCUT2D eigenvalue weighted by molar-refractivity contribution is -0.137. The van der Waals surface area contributed by atoms with Gasteiger partial charge in [0.25, 0.3) is 0 Å². The molecule has 0 aliphatic rings. The summed E-state index contributed by atoms with van der Waals surface area (Å²) in [7, 11) is -2.42. The predicted molar refractivity (Wildman–Crippen MR) is 79.1 cm³/mol. The quantitative estimate of drug-likeness (QED) is 0.773. The normalized spacial score (nSPS) is 11.4. The summed E-state index contributed by atoms with van der Waals surface area (Å²) < 4.78 is 31.3. The summed E-state index contributed by atoms with van der Waals surface area (Å²) in [6.07, 6.45) is 1.36. The van der Waals surface area contributed by atoms with Crippen molar-refractivity contribution < 1.29 is 23.1 Å². The third-order valence-corrected chi connectivity index (χ3v) is 5.03. The number of carboxylic acids is 1. The second kappa shape index (κ2) is 6.73. The lowest BCUT2D eigenvalue weighted by Crippen LogP contribution is -2.36. The van der Waals surface area contributed by atoms with Crippen molar-refractivity contribution in [1.82, 2.24) is 4.31 Å². The van der Waals surface area contributed by atoms with Crippen LogP contribution >= 0.6 is 0 Å². The largest absolute Gasteiger partial charge is 0.497 e. The van der Waals surface area contributed by atoms with Crippen molar-refractivity contribution in [2.75, 3.05) is 20.2 Å². The molecule has 0 aliphatic heterocycles.